The second-order valence-electron chi connectivity index (χ2n) is 5.18. The van der Waals surface area contributed by atoms with Crippen molar-refractivity contribution in [3.63, 3.8) is 0 Å². The second-order valence-corrected chi connectivity index (χ2v) is 6.00. The number of carbonyl (C=O) groups is 1. The van der Waals surface area contributed by atoms with Crippen molar-refractivity contribution < 1.29 is 14.3 Å². The third-order valence-corrected chi connectivity index (χ3v) is 4.01. The molecule has 4 rings (SSSR count). The van der Waals surface area contributed by atoms with Gasteiger partial charge in [0.1, 0.15) is 4.60 Å². The largest absolute Gasteiger partial charge is 0.454 e. The third-order valence-electron chi connectivity index (χ3n) is 3.60. The lowest BCUT2D eigenvalue weighted by atomic mass is 10.2. The van der Waals surface area contributed by atoms with Crippen molar-refractivity contribution in [2.75, 3.05) is 11.7 Å². The van der Waals surface area contributed by atoms with E-state index in [-0.39, 0.29) is 18.6 Å². The third kappa shape index (κ3) is 2.41. The highest BCUT2D eigenvalue weighted by Gasteiger charge is 2.36. The van der Waals surface area contributed by atoms with E-state index < -0.39 is 0 Å². The highest BCUT2D eigenvalue weighted by molar-refractivity contribution is 9.10. The molecule has 7 heteroatoms. The van der Waals surface area contributed by atoms with Crippen LogP contribution in [-0.4, -0.2) is 22.7 Å². The summed E-state index contributed by atoms with van der Waals surface area (Å²) in [5.41, 5.74) is 0.706. The quantitative estimate of drug-likeness (QED) is 0.840. The smallest absolute Gasteiger partial charge is 0.235 e. The van der Waals surface area contributed by atoms with Crippen LogP contribution in [0.15, 0.2) is 35.2 Å². The molecule has 112 valence electrons. The maximum absolute atomic E-state index is 12.7. The van der Waals surface area contributed by atoms with Crippen LogP contribution in [-0.2, 0) is 4.79 Å². The molecule has 2 heterocycles. The van der Waals surface area contributed by atoms with E-state index in [9.17, 15) is 4.79 Å². The van der Waals surface area contributed by atoms with Gasteiger partial charge in [-0.1, -0.05) is 0 Å². The van der Waals surface area contributed by atoms with Gasteiger partial charge in [0.2, 0.25) is 12.7 Å². The minimum absolute atomic E-state index is 0.0375. The van der Waals surface area contributed by atoms with E-state index in [0.717, 1.165) is 12.8 Å². The number of anilines is 2. The van der Waals surface area contributed by atoms with E-state index in [0.29, 0.717) is 27.6 Å². The monoisotopic (exact) mass is 361 g/mol. The Labute approximate surface area is 135 Å². The molecule has 0 radical (unpaired) electrons. The van der Waals surface area contributed by atoms with E-state index in [1.54, 1.807) is 29.4 Å². The molecule has 0 saturated heterocycles. The second kappa shape index (κ2) is 5.24. The van der Waals surface area contributed by atoms with Gasteiger partial charge in [-0.2, -0.15) is 0 Å². The Balaban J connectivity index is 1.76. The van der Waals surface area contributed by atoms with Crippen molar-refractivity contribution in [2.45, 2.75) is 12.8 Å². The zero-order valence-corrected chi connectivity index (χ0v) is 13.1. The van der Waals surface area contributed by atoms with Crippen molar-refractivity contribution in [1.29, 1.82) is 0 Å². The maximum Gasteiger partial charge on any atom is 0.235 e. The minimum atomic E-state index is 0.0375. The molecule has 0 bridgehead atoms. The number of hydrogen-bond acceptors (Lipinski definition) is 5. The number of ether oxygens (including phenoxy) is 2. The fourth-order valence-corrected chi connectivity index (χ4v) is 2.54. The van der Waals surface area contributed by atoms with Crippen molar-refractivity contribution in [2.24, 2.45) is 5.92 Å². The summed E-state index contributed by atoms with van der Waals surface area (Å²) in [4.78, 5) is 22.7. The van der Waals surface area contributed by atoms with Crippen LogP contribution >= 0.6 is 15.9 Å². The fraction of sp³-hybridized carbons (Fsp3) is 0.267. The fourth-order valence-electron chi connectivity index (χ4n) is 2.33. The Bertz CT molecular complexity index is 731. The summed E-state index contributed by atoms with van der Waals surface area (Å²) < 4.78 is 11.3. The SMILES string of the molecule is O=C(C1CC1)N(c1ccc2c(c1)OCO2)c1cnc(Br)cn1. The first-order valence-corrected chi connectivity index (χ1v) is 7.73. The van der Waals surface area contributed by atoms with Gasteiger partial charge in [0, 0.05) is 12.0 Å². The Morgan fingerprint density at radius 1 is 1.18 bits per heavy atom. The Morgan fingerprint density at radius 3 is 2.73 bits per heavy atom. The van der Waals surface area contributed by atoms with Crippen molar-refractivity contribution in [1.82, 2.24) is 9.97 Å². The number of amides is 1. The molecule has 1 saturated carbocycles. The van der Waals surface area contributed by atoms with E-state index in [1.165, 1.54) is 0 Å². The minimum Gasteiger partial charge on any atom is -0.454 e. The van der Waals surface area contributed by atoms with E-state index in [1.807, 2.05) is 6.07 Å². The molecular formula is C15H12BrN3O3. The van der Waals surface area contributed by atoms with Gasteiger partial charge in [-0.3, -0.25) is 9.69 Å². The number of hydrogen-bond donors (Lipinski definition) is 0. The molecule has 0 N–H and O–H groups in total. The molecule has 1 amide bonds. The molecule has 2 aliphatic rings. The van der Waals surface area contributed by atoms with Gasteiger partial charge in [0.15, 0.2) is 17.3 Å². The molecule has 6 nitrogen and oxygen atoms in total. The predicted octanol–water partition coefficient (Wildman–Crippen LogP) is 3.04. The van der Waals surface area contributed by atoms with Crippen molar-refractivity contribution in [3.05, 3.63) is 35.2 Å². The van der Waals surface area contributed by atoms with Crippen molar-refractivity contribution in [3.8, 4) is 11.5 Å². The molecule has 1 aliphatic heterocycles. The zero-order chi connectivity index (χ0) is 15.1. The van der Waals surface area contributed by atoms with Crippen LogP contribution in [0.4, 0.5) is 11.5 Å². The van der Waals surface area contributed by atoms with Gasteiger partial charge in [-0.15, -0.1) is 0 Å². The first-order valence-electron chi connectivity index (χ1n) is 6.93. The molecule has 0 atom stereocenters. The molecule has 1 fully saturated rings. The van der Waals surface area contributed by atoms with Gasteiger partial charge < -0.3 is 9.47 Å². The molecule has 1 aliphatic carbocycles. The molecule has 0 spiro atoms. The average molecular weight is 362 g/mol. The summed E-state index contributed by atoms with van der Waals surface area (Å²) in [5.74, 6) is 1.92. The normalized spacial score (nSPS) is 15.7. The Kier molecular flexibility index (Phi) is 3.22. The molecule has 22 heavy (non-hydrogen) atoms. The first kappa shape index (κ1) is 13.5. The van der Waals surface area contributed by atoms with E-state index in [4.69, 9.17) is 9.47 Å². The summed E-state index contributed by atoms with van der Waals surface area (Å²) in [5, 5.41) is 0. The van der Waals surface area contributed by atoms with Crippen LogP contribution in [0.1, 0.15) is 12.8 Å². The highest BCUT2D eigenvalue weighted by atomic mass is 79.9. The number of halogens is 1. The van der Waals surface area contributed by atoms with Crippen LogP contribution in [0, 0.1) is 5.92 Å². The zero-order valence-electron chi connectivity index (χ0n) is 11.5. The molecule has 0 unspecified atom stereocenters. The van der Waals surface area contributed by atoms with Crippen molar-refractivity contribution >= 4 is 33.3 Å². The lowest BCUT2D eigenvalue weighted by Crippen LogP contribution is -2.28. The number of aromatic nitrogens is 2. The number of carbonyl (C=O) groups excluding carboxylic acids is 1. The van der Waals surface area contributed by atoms with Crippen LogP contribution in [0.5, 0.6) is 11.5 Å². The lowest BCUT2D eigenvalue weighted by molar-refractivity contribution is -0.119. The first-order chi connectivity index (χ1) is 10.7. The standard InChI is InChI=1S/C15H12BrN3O3/c16-13-6-18-14(7-17-13)19(15(20)9-1-2-9)10-3-4-11-12(5-10)22-8-21-11/h3-7,9H,1-2,8H2. The van der Waals surface area contributed by atoms with Gasteiger partial charge >= 0.3 is 0 Å². The summed E-state index contributed by atoms with van der Waals surface area (Å²) in [6.45, 7) is 0.202. The summed E-state index contributed by atoms with van der Waals surface area (Å²) in [7, 11) is 0. The summed E-state index contributed by atoms with van der Waals surface area (Å²) in [6, 6.07) is 5.43. The van der Waals surface area contributed by atoms with Gasteiger partial charge in [-0.25, -0.2) is 9.97 Å². The number of benzene rings is 1. The molecule has 1 aromatic heterocycles. The van der Waals surface area contributed by atoms with E-state index in [2.05, 4.69) is 25.9 Å². The van der Waals surface area contributed by atoms with Gasteiger partial charge in [0.25, 0.3) is 0 Å². The lowest BCUT2D eigenvalue weighted by Gasteiger charge is -2.21. The highest BCUT2D eigenvalue weighted by Crippen LogP contribution is 2.40. The number of fused-ring (bicyclic) bond motifs is 1. The number of rotatable bonds is 3. The van der Waals surface area contributed by atoms with Crippen LogP contribution in [0.3, 0.4) is 0 Å². The van der Waals surface area contributed by atoms with Crippen LogP contribution in [0.2, 0.25) is 0 Å². The predicted molar refractivity (Wildman–Crippen MR) is 82.2 cm³/mol. The molecule has 2 aromatic rings. The van der Waals surface area contributed by atoms with Crippen LogP contribution in [0.25, 0.3) is 0 Å². The topological polar surface area (TPSA) is 64.6 Å². The number of nitrogens with zero attached hydrogens (tertiary/aromatic N) is 3. The van der Waals surface area contributed by atoms with Gasteiger partial charge in [0.05, 0.1) is 18.1 Å². The summed E-state index contributed by atoms with van der Waals surface area (Å²) >= 11 is 3.26. The molecular weight excluding hydrogens is 350 g/mol. The Hall–Kier alpha value is -2.15. The van der Waals surface area contributed by atoms with Crippen LogP contribution < -0.4 is 14.4 Å². The maximum atomic E-state index is 12.7. The van der Waals surface area contributed by atoms with Gasteiger partial charge in [-0.05, 0) is 40.9 Å². The summed E-state index contributed by atoms with van der Waals surface area (Å²) in [6.07, 6.45) is 5.00. The Morgan fingerprint density at radius 2 is 2.00 bits per heavy atom. The van der Waals surface area contributed by atoms with E-state index >= 15 is 0 Å². The molecule has 1 aromatic carbocycles. The average Bonchev–Trinajstić information content (AvgIpc) is 3.27.